The van der Waals surface area contributed by atoms with Gasteiger partial charge in [-0.15, -0.1) is 4.72 Å². The topological polar surface area (TPSA) is 88.2 Å². The third-order valence-corrected chi connectivity index (χ3v) is 11.0. The van der Waals surface area contributed by atoms with E-state index in [2.05, 4.69) is 30.4 Å². The Morgan fingerprint density at radius 1 is 1.26 bits per heavy atom. The van der Waals surface area contributed by atoms with Gasteiger partial charge in [-0.3, -0.25) is 0 Å². The zero-order chi connectivity index (χ0) is 27.9. The first-order valence-corrected chi connectivity index (χ1v) is 18.9. The SMILES string of the molecule is CC(C)(C)[S@@+]([O-])N[C@@H](C[C@H]1CCC(F)(F)C1)c1nc2ccc([C@H](N)C3CC3)cc2n1COCC[Si](C)(C)C. The minimum atomic E-state index is -2.63. The number of imidazole rings is 1. The first-order valence-electron chi connectivity index (χ1n) is 14.0. The van der Waals surface area contributed by atoms with E-state index < -0.39 is 36.1 Å². The van der Waals surface area contributed by atoms with Crippen molar-refractivity contribution < 1.29 is 18.1 Å². The number of hydrogen-bond donors (Lipinski definition) is 2. The molecule has 2 aromatic rings. The lowest BCUT2D eigenvalue weighted by molar-refractivity contribution is 0.00429. The summed E-state index contributed by atoms with van der Waals surface area (Å²) in [7, 11) is -1.27. The minimum absolute atomic E-state index is 0.0120. The summed E-state index contributed by atoms with van der Waals surface area (Å²) < 4.78 is 52.5. The van der Waals surface area contributed by atoms with Crippen molar-refractivity contribution in [3.8, 4) is 0 Å². The normalized spacial score (nSPS) is 22.6. The highest BCUT2D eigenvalue weighted by atomic mass is 32.2. The number of aromatic nitrogens is 2. The fraction of sp³-hybridized carbons (Fsp3) is 0.750. The highest BCUT2D eigenvalue weighted by Gasteiger charge is 2.42. The summed E-state index contributed by atoms with van der Waals surface area (Å²) in [6.45, 7) is 13.6. The monoisotopic (exact) mass is 568 g/mol. The van der Waals surface area contributed by atoms with E-state index >= 15 is 0 Å². The maximum Gasteiger partial charge on any atom is 0.248 e. The summed E-state index contributed by atoms with van der Waals surface area (Å²) in [6.07, 6.45) is 2.98. The molecule has 0 amide bonds. The number of hydrogen-bond acceptors (Lipinski definition) is 5. The molecule has 0 radical (unpaired) electrons. The van der Waals surface area contributed by atoms with Gasteiger partial charge in [0.1, 0.15) is 23.3 Å². The van der Waals surface area contributed by atoms with Gasteiger partial charge in [0.25, 0.3) is 0 Å². The number of nitrogens with zero attached hydrogens (tertiary/aromatic N) is 2. The van der Waals surface area contributed by atoms with Crippen molar-refractivity contribution in [2.45, 2.75) is 114 Å². The molecule has 2 aliphatic carbocycles. The van der Waals surface area contributed by atoms with E-state index in [0.29, 0.717) is 37.9 Å². The van der Waals surface area contributed by atoms with Crippen molar-refractivity contribution >= 4 is 30.5 Å². The molecule has 0 aliphatic heterocycles. The number of halogens is 2. The van der Waals surface area contributed by atoms with E-state index in [9.17, 15) is 13.3 Å². The quantitative estimate of drug-likeness (QED) is 0.169. The van der Waals surface area contributed by atoms with Crippen LogP contribution in [0.15, 0.2) is 18.2 Å². The number of nitrogens with one attached hydrogen (secondary N) is 1. The summed E-state index contributed by atoms with van der Waals surface area (Å²) in [6, 6.07) is 6.74. The maximum absolute atomic E-state index is 14.1. The molecule has 214 valence electrons. The van der Waals surface area contributed by atoms with Crippen LogP contribution in [0, 0.1) is 11.8 Å². The third-order valence-electron chi connectivity index (χ3n) is 7.73. The van der Waals surface area contributed by atoms with Gasteiger partial charge in [-0.1, -0.05) is 25.7 Å². The maximum atomic E-state index is 14.1. The second kappa shape index (κ2) is 11.4. The number of alkyl halides is 2. The van der Waals surface area contributed by atoms with Crippen LogP contribution in [0.2, 0.25) is 25.7 Å². The summed E-state index contributed by atoms with van der Waals surface area (Å²) >= 11 is -1.39. The standard InChI is InChI=1S/C28H46F2N4O2SSi/c1-27(2,3)37(35)33-23(15-19-11-12-28(29,30)17-19)26-32-22-10-9-21(25(31)20-7-8-20)16-24(22)34(26)18-36-13-14-38(4,5)6/h9-10,16,19-20,23,25,33H,7-8,11-15,17-18,31H2,1-6H3/t19-,23+,25-,37-/m1/s1. The second-order valence-electron chi connectivity index (χ2n) is 13.6. The molecule has 0 spiro atoms. The molecule has 1 aromatic carbocycles. The van der Waals surface area contributed by atoms with Crippen molar-refractivity contribution in [2.24, 2.45) is 17.6 Å². The van der Waals surface area contributed by atoms with Crippen LogP contribution in [0.3, 0.4) is 0 Å². The lowest BCUT2D eigenvalue weighted by Crippen LogP contribution is -2.42. The Morgan fingerprint density at radius 2 is 1.97 bits per heavy atom. The van der Waals surface area contributed by atoms with E-state index in [1.54, 1.807) is 0 Å². The number of nitrogens with two attached hydrogens (primary N) is 1. The molecule has 38 heavy (non-hydrogen) atoms. The average molecular weight is 569 g/mol. The highest BCUT2D eigenvalue weighted by molar-refractivity contribution is 7.90. The molecule has 4 rings (SSSR count). The highest BCUT2D eigenvalue weighted by Crippen LogP contribution is 2.43. The molecule has 6 nitrogen and oxygen atoms in total. The summed E-state index contributed by atoms with van der Waals surface area (Å²) in [5, 5.41) is 0. The zero-order valence-corrected chi connectivity index (χ0v) is 25.7. The Labute approximate surface area is 230 Å². The van der Waals surface area contributed by atoms with Crippen molar-refractivity contribution in [3.63, 3.8) is 0 Å². The van der Waals surface area contributed by atoms with Gasteiger partial charge in [0.2, 0.25) is 5.92 Å². The molecule has 1 heterocycles. The lowest BCUT2D eigenvalue weighted by atomic mass is 9.98. The van der Waals surface area contributed by atoms with E-state index in [0.717, 1.165) is 35.5 Å². The van der Waals surface area contributed by atoms with E-state index in [1.165, 1.54) is 0 Å². The first-order chi connectivity index (χ1) is 17.6. The van der Waals surface area contributed by atoms with Crippen LogP contribution < -0.4 is 10.5 Å². The van der Waals surface area contributed by atoms with E-state index in [4.69, 9.17) is 15.5 Å². The van der Waals surface area contributed by atoms with Gasteiger partial charge in [-0.05, 0) is 82.0 Å². The van der Waals surface area contributed by atoms with Crippen LogP contribution in [-0.2, 0) is 22.8 Å². The van der Waals surface area contributed by atoms with Gasteiger partial charge in [0.05, 0.1) is 11.0 Å². The first kappa shape index (κ1) is 29.9. The summed E-state index contributed by atoms with van der Waals surface area (Å²) in [5.41, 5.74) is 9.36. The molecular formula is C28H46F2N4O2SSi. The van der Waals surface area contributed by atoms with E-state index in [-0.39, 0.29) is 24.8 Å². The molecule has 3 N–H and O–H groups in total. The molecule has 1 aromatic heterocycles. The minimum Gasteiger partial charge on any atom is -0.598 e. The van der Waals surface area contributed by atoms with Gasteiger partial charge in [0, 0.05) is 44.9 Å². The predicted molar refractivity (Wildman–Crippen MR) is 154 cm³/mol. The Kier molecular flexibility index (Phi) is 9.01. The Hall–Kier alpha value is -1.04. The molecule has 10 heteroatoms. The average Bonchev–Trinajstić information content (AvgIpc) is 3.51. The Balaban J connectivity index is 1.69. The van der Waals surface area contributed by atoms with Crippen molar-refractivity contribution in [1.29, 1.82) is 0 Å². The van der Waals surface area contributed by atoms with Gasteiger partial charge in [-0.2, -0.15) is 0 Å². The van der Waals surface area contributed by atoms with Crippen molar-refractivity contribution in [1.82, 2.24) is 14.3 Å². The Bertz CT molecular complexity index is 1100. The molecule has 0 bridgehead atoms. The molecule has 2 saturated carbocycles. The van der Waals surface area contributed by atoms with Crippen LogP contribution in [0.5, 0.6) is 0 Å². The fourth-order valence-corrected chi connectivity index (χ4v) is 6.69. The molecule has 2 fully saturated rings. The van der Waals surface area contributed by atoms with Gasteiger partial charge < -0.3 is 19.6 Å². The molecular weight excluding hydrogens is 522 g/mol. The van der Waals surface area contributed by atoms with Crippen LogP contribution in [0.25, 0.3) is 11.0 Å². The van der Waals surface area contributed by atoms with Crippen molar-refractivity contribution in [3.05, 3.63) is 29.6 Å². The molecule has 2 aliphatic rings. The van der Waals surface area contributed by atoms with Gasteiger partial charge in [0.15, 0.2) is 0 Å². The van der Waals surface area contributed by atoms with Crippen LogP contribution in [-0.4, -0.2) is 39.5 Å². The van der Waals surface area contributed by atoms with Crippen LogP contribution in [0.4, 0.5) is 8.78 Å². The number of ether oxygens (including phenoxy) is 1. The number of fused-ring (bicyclic) bond motifs is 1. The lowest BCUT2D eigenvalue weighted by Gasteiger charge is -2.29. The summed E-state index contributed by atoms with van der Waals surface area (Å²) in [5.74, 6) is -1.59. The zero-order valence-electron chi connectivity index (χ0n) is 23.9. The van der Waals surface area contributed by atoms with Gasteiger partial charge in [-0.25, -0.2) is 13.8 Å². The van der Waals surface area contributed by atoms with Crippen molar-refractivity contribution in [2.75, 3.05) is 6.61 Å². The molecule has 0 saturated heterocycles. The van der Waals surface area contributed by atoms with Crippen LogP contribution >= 0.6 is 0 Å². The number of benzene rings is 1. The molecule has 4 atom stereocenters. The number of rotatable bonds is 12. The van der Waals surface area contributed by atoms with Gasteiger partial charge >= 0.3 is 0 Å². The van der Waals surface area contributed by atoms with E-state index in [1.807, 2.05) is 37.5 Å². The second-order valence-corrected chi connectivity index (χ2v) is 21.2. The van der Waals surface area contributed by atoms with Crippen LogP contribution in [0.1, 0.15) is 82.8 Å². The molecule has 0 unspecified atom stereocenters. The third kappa shape index (κ3) is 7.78. The smallest absolute Gasteiger partial charge is 0.248 e. The Morgan fingerprint density at radius 3 is 2.55 bits per heavy atom. The fourth-order valence-electron chi connectivity index (χ4n) is 5.12. The predicted octanol–water partition coefficient (Wildman–Crippen LogP) is 6.68. The largest absolute Gasteiger partial charge is 0.598 e. The summed E-state index contributed by atoms with van der Waals surface area (Å²) in [4.78, 5) is 4.98.